The lowest BCUT2D eigenvalue weighted by molar-refractivity contribution is -0.0592. The lowest BCUT2D eigenvalue weighted by atomic mass is 9.83. The lowest BCUT2D eigenvalue weighted by Crippen LogP contribution is -2.36. The van der Waals surface area contributed by atoms with Gasteiger partial charge in [-0.3, -0.25) is 28.1 Å². The van der Waals surface area contributed by atoms with Crippen molar-refractivity contribution in [3.63, 3.8) is 0 Å². The molecular formula is C47H48F2N10O5. The quantitative estimate of drug-likeness (QED) is 0.174. The number of H-pyrrole nitrogens is 2. The molecule has 0 spiro atoms. The van der Waals surface area contributed by atoms with Gasteiger partial charge in [-0.1, -0.05) is 18.1 Å². The van der Waals surface area contributed by atoms with Crippen LogP contribution in [0.5, 0.6) is 0 Å². The van der Waals surface area contributed by atoms with Crippen molar-refractivity contribution in [1.29, 1.82) is 0 Å². The fourth-order valence-electron chi connectivity index (χ4n) is 9.38. The number of fused-ring (bicyclic) bond motifs is 3. The van der Waals surface area contributed by atoms with Gasteiger partial charge in [0, 0.05) is 72.9 Å². The van der Waals surface area contributed by atoms with E-state index in [0.29, 0.717) is 81.3 Å². The number of nitrogens with one attached hydrogen (secondary N) is 2. The van der Waals surface area contributed by atoms with Crippen LogP contribution in [0.3, 0.4) is 0 Å². The topological polar surface area (TPSA) is 167 Å². The van der Waals surface area contributed by atoms with Crippen LogP contribution in [-0.4, -0.2) is 73.4 Å². The van der Waals surface area contributed by atoms with E-state index in [0.717, 1.165) is 42.5 Å². The maximum atomic E-state index is 15.5. The largest absolute Gasteiger partial charge is 0.438 e. The number of benzene rings is 3. The van der Waals surface area contributed by atoms with Gasteiger partial charge in [-0.15, -0.1) is 0 Å². The van der Waals surface area contributed by atoms with E-state index in [4.69, 9.17) is 9.84 Å². The highest BCUT2D eigenvalue weighted by Gasteiger charge is 2.37. The fraction of sp³-hybridized carbons (Fsp3) is 0.362. The van der Waals surface area contributed by atoms with Crippen molar-refractivity contribution in [3.05, 3.63) is 139 Å². The molecule has 7 heterocycles. The van der Waals surface area contributed by atoms with Crippen molar-refractivity contribution >= 4 is 27.7 Å². The molecule has 5 aromatic heterocycles. The van der Waals surface area contributed by atoms with Crippen molar-refractivity contribution in [2.24, 2.45) is 13.0 Å². The third-order valence-corrected chi connectivity index (χ3v) is 13.0. The number of ether oxygens (including phenoxy) is 1. The van der Waals surface area contributed by atoms with Gasteiger partial charge in [0.25, 0.3) is 5.91 Å². The Hall–Kier alpha value is -6.88. The molecule has 3 atom stereocenters. The minimum atomic E-state index is -0.579. The van der Waals surface area contributed by atoms with E-state index in [9.17, 15) is 18.8 Å². The second-order valence-electron chi connectivity index (χ2n) is 18.1. The van der Waals surface area contributed by atoms with Gasteiger partial charge < -0.3 is 14.6 Å². The van der Waals surface area contributed by atoms with Gasteiger partial charge in [0.1, 0.15) is 23.1 Å². The first-order valence-electron chi connectivity index (χ1n) is 21.5. The summed E-state index contributed by atoms with van der Waals surface area (Å²) in [6.07, 6.45) is 8.14. The van der Waals surface area contributed by atoms with Crippen LogP contribution in [0.15, 0.2) is 81.2 Å². The molecule has 3 aliphatic rings. The molecule has 3 aromatic carbocycles. The summed E-state index contributed by atoms with van der Waals surface area (Å²) < 4.78 is 46.5. The van der Waals surface area contributed by atoms with E-state index in [2.05, 4.69) is 57.7 Å². The number of hydrogen-bond donors (Lipinski definition) is 2. The number of rotatable bonds is 6. The molecule has 2 aliphatic heterocycles. The van der Waals surface area contributed by atoms with Gasteiger partial charge in [-0.05, 0) is 112 Å². The Morgan fingerprint density at radius 3 is 2.45 bits per heavy atom. The molecule has 2 fully saturated rings. The number of hydrogen-bond acceptors (Lipinski definition) is 8. The van der Waals surface area contributed by atoms with Crippen molar-refractivity contribution in [3.8, 4) is 17.2 Å². The Balaban J connectivity index is 0.000000425. The summed E-state index contributed by atoms with van der Waals surface area (Å²) in [6.45, 7) is 11.0. The number of carbonyl (C=O) groups excluding carboxylic acids is 1. The predicted molar refractivity (Wildman–Crippen MR) is 235 cm³/mol. The molecule has 11 rings (SSSR count). The third kappa shape index (κ3) is 7.36. The zero-order chi connectivity index (χ0) is 44.8. The fourth-order valence-corrected chi connectivity index (χ4v) is 9.38. The van der Waals surface area contributed by atoms with Gasteiger partial charge in [0.15, 0.2) is 5.82 Å². The number of nitrogens with zero attached hydrogens (tertiary/aromatic N) is 8. The zero-order valence-electron chi connectivity index (χ0n) is 36.4. The van der Waals surface area contributed by atoms with Crippen molar-refractivity contribution in [1.82, 2.24) is 48.7 Å². The molecule has 8 aromatic rings. The molecule has 15 nitrogen and oxygen atoms in total. The maximum Gasteiger partial charge on any atom is 0.438 e. The normalized spacial score (nSPS) is 19.2. The number of aryl methyl sites for hydroxylation is 3. The summed E-state index contributed by atoms with van der Waals surface area (Å²) in [7, 11) is 1.73. The highest BCUT2D eigenvalue weighted by Crippen LogP contribution is 2.45. The number of imidazole rings is 1. The van der Waals surface area contributed by atoms with Gasteiger partial charge in [0.2, 0.25) is 0 Å². The van der Waals surface area contributed by atoms with E-state index >= 15 is 4.39 Å². The number of carbonyl (C=O) groups is 1. The van der Waals surface area contributed by atoms with E-state index < -0.39 is 17.3 Å². The molecule has 1 amide bonds. The first-order chi connectivity index (χ1) is 30.6. The van der Waals surface area contributed by atoms with Crippen LogP contribution in [0.4, 0.5) is 8.78 Å². The second-order valence-corrected chi connectivity index (χ2v) is 18.1. The van der Waals surface area contributed by atoms with Crippen molar-refractivity contribution in [2.75, 3.05) is 13.2 Å². The Morgan fingerprint density at radius 2 is 1.73 bits per heavy atom. The summed E-state index contributed by atoms with van der Waals surface area (Å²) in [4.78, 5) is 46.5. The summed E-state index contributed by atoms with van der Waals surface area (Å²) in [5.74, 6) is 1.06. The van der Waals surface area contributed by atoms with Gasteiger partial charge in [-0.25, -0.2) is 23.1 Å². The highest BCUT2D eigenvalue weighted by atomic mass is 19.1. The number of aromatic amines is 2. The van der Waals surface area contributed by atoms with E-state index in [-0.39, 0.29) is 29.6 Å². The van der Waals surface area contributed by atoms with Crippen molar-refractivity contribution in [2.45, 2.75) is 84.3 Å². The molecule has 1 saturated heterocycles. The third-order valence-electron chi connectivity index (χ3n) is 13.0. The molecule has 0 unspecified atom stereocenters. The number of aromatic nitrogens is 9. The average Bonchev–Trinajstić information content (AvgIpc) is 3.83. The number of amides is 1. The lowest BCUT2D eigenvalue weighted by Gasteiger charge is -2.35. The molecule has 1 saturated carbocycles. The van der Waals surface area contributed by atoms with Crippen LogP contribution in [0.2, 0.25) is 0 Å². The average molecular weight is 871 g/mol. The monoisotopic (exact) mass is 870 g/mol. The minimum Gasteiger partial charge on any atom is -0.376 e. The standard InChI is InChI=1S/C41H40F2N8O3.C6H8N2O2/c1-23-14-29(15-24(2)37(23)43)51-38(50-12-11-49(40(50)53)36-18-28-21-44-47(5)35(28)19-31(36)42)30-22-48(10-8-33(30)46-51)39(52)34-17-27-16-25(6-7-32(27)45-34)26-9-13-54-41(3,4)20-26;1-3-2-4(3)5-7-6(9)10-8-5/h6-7,11-12,14-19,21,26,45H,8-10,13,20,22H2,1-5H3;3-4H,2H2,1H3,(H,7,8,9)/t26-;3-,4+/m00/s1. The van der Waals surface area contributed by atoms with Crippen LogP contribution < -0.4 is 11.4 Å². The minimum absolute atomic E-state index is 0.0759. The molecule has 330 valence electrons. The Kier molecular flexibility index (Phi) is 9.92. The van der Waals surface area contributed by atoms with E-state index in [1.807, 2.05) is 12.1 Å². The summed E-state index contributed by atoms with van der Waals surface area (Å²) in [5.41, 5.74) is 5.38. The zero-order valence-corrected chi connectivity index (χ0v) is 36.4. The van der Waals surface area contributed by atoms with Crippen LogP contribution in [0.1, 0.15) is 96.1 Å². The summed E-state index contributed by atoms with van der Waals surface area (Å²) in [6, 6.07) is 14.6. The maximum absolute atomic E-state index is 15.5. The SMILES string of the molecule is C[C@H]1C[C@H]1c1noc(=O)[nH]1.Cc1cc(-n2nc3c(c2-n2ccn(-c4cc5cnn(C)c5cc4F)c2=O)CN(C(=O)c2cc4cc([C@H]5CCOC(C)(C)C5)ccc4[nH]2)CC3)cc(C)c1F. The van der Waals surface area contributed by atoms with Gasteiger partial charge >= 0.3 is 11.4 Å². The Morgan fingerprint density at radius 1 is 0.969 bits per heavy atom. The molecule has 1 aliphatic carbocycles. The van der Waals surface area contributed by atoms with Crippen LogP contribution >= 0.6 is 0 Å². The first-order valence-corrected chi connectivity index (χ1v) is 21.5. The summed E-state index contributed by atoms with van der Waals surface area (Å²) in [5, 5.41) is 14.4. The summed E-state index contributed by atoms with van der Waals surface area (Å²) >= 11 is 0. The van der Waals surface area contributed by atoms with Crippen molar-refractivity contribution < 1.29 is 22.8 Å². The number of halogens is 2. The van der Waals surface area contributed by atoms with Crippen LogP contribution in [0, 0.1) is 31.4 Å². The highest BCUT2D eigenvalue weighted by molar-refractivity contribution is 5.98. The molecule has 17 heteroatoms. The second kappa shape index (κ2) is 15.4. The molecule has 0 radical (unpaired) electrons. The molecular weight excluding hydrogens is 823 g/mol. The molecule has 64 heavy (non-hydrogen) atoms. The van der Waals surface area contributed by atoms with Gasteiger partial charge in [0.05, 0.1) is 40.9 Å². The van der Waals surface area contributed by atoms with Gasteiger partial charge in [-0.2, -0.15) is 10.2 Å². The Labute approximate surface area is 365 Å². The molecule has 2 N–H and O–H groups in total. The first kappa shape index (κ1) is 41.1. The molecule has 0 bridgehead atoms. The van der Waals surface area contributed by atoms with E-state index in [1.54, 1.807) is 65.8 Å². The van der Waals surface area contributed by atoms with E-state index in [1.165, 1.54) is 27.0 Å². The Bertz CT molecular complexity index is 3230. The van der Waals surface area contributed by atoms with Crippen LogP contribution in [-0.2, 0) is 24.8 Å². The van der Waals surface area contributed by atoms with Crippen LogP contribution in [0.25, 0.3) is 39.0 Å². The smallest absolute Gasteiger partial charge is 0.376 e. The predicted octanol–water partition coefficient (Wildman–Crippen LogP) is 7.43.